The third-order valence-electron chi connectivity index (χ3n) is 5.22. The summed E-state index contributed by atoms with van der Waals surface area (Å²) in [7, 11) is 3.19. The van der Waals surface area contributed by atoms with Gasteiger partial charge in [0.25, 0.3) is 0 Å². The number of aromatic nitrogens is 1. The molecule has 1 N–H and O–H groups in total. The summed E-state index contributed by atoms with van der Waals surface area (Å²) in [5, 5.41) is 4.68. The van der Waals surface area contributed by atoms with Crippen LogP contribution in [0.25, 0.3) is 10.9 Å². The lowest BCUT2D eigenvalue weighted by Crippen LogP contribution is -1.94. The van der Waals surface area contributed by atoms with E-state index in [-0.39, 0.29) is 0 Å². The Labute approximate surface area is 192 Å². The van der Waals surface area contributed by atoms with Crippen LogP contribution in [0.1, 0.15) is 25.3 Å². The first-order valence-corrected chi connectivity index (χ1v) is 10.7. The number of hydrogen-bond acceptors (Lipinski definition) is 5. The molecule has 0 atom stereocenters. The average Bonchev–Trinajstić information content (AvgIpc) is 2.80. The van der Waals surface area contributed by atoms with Crippen LogP contribution in [-0.4, -0.2) is 19.2 Å². The number of nitrogens with one attached hydrogen (secondary N) is 1. The summed E-state index contributed by atoms with van der Waals surface area (Å²) in [6.07, 6.45) is 1.69. The minimum Gasteiger partial charge on any atom is -0.493 e. The predicted molar refractivity (Wildman–Crippen MR) is 130 cm³/mol. The molecule has 164 valence electrons. The molecule has 4 aromatic rings. The monoisotopic (exact) mass is 448 g/mol. The highest BCUT2D eigenvalue weighted by Crippen LogP contribution is 2.39. The fourth-order valence-corrected chi connectivity index (χ4v) is 3.65. The van der Waals surface area contributed by atoms with E-state index in [1.807, 2.05) is 30.3 Å². The van der Waals surface area contributed by atoms with Gasteiger partial charge in [-0.1, -0.05) is 37.6 Å². The van der Waals surface area contributed by atoms with Crippen molar-refractivity contribution in [2.75, 3.05) is 19.5 Å². The normalized spacial score (nSPS) is 10.9. The maximum atomic E-state index is 6.54. The van der Waals surface area contributed by atoms with Gasteiger partial charge in [0.15, 0.2) is 11.5 Å². The van der Waals surface area contributed by atoms with Crippen molar-refractivity contribution in [2.24, 2.45) is 0 Å². The van der Waals surface area contributed by atoms with Gasteiger partial charge in [-0.2, -0.15) is 0 Å². The molecular weight excluding hydrogens is 424 g/mol. The van der Waals surface area contributed by atoms with Crippen molar-refractivity contribution in [1.82, 2.24) is 4.98 Å². The Kier molecular flexibility index (Phi) is 6.37. The third-order valence-corrected chi connectivity index (χ3v) is 5.52. The number of rotatable bonds is 7. The molecule has 5 nitrogen and oxygen atoms in total. The number of methoxy groups -OCH3 is 2. The van der Waals surface area contributed by atoms with Crippen molar-refractivity contribution in [2.45, 2.75) is 19.8 Å². The summed E-state index contributed by atoms with van der Waals surface area (Å²) in [6.45, 7) is 4.36. The summed E-state index contributed by atoms with van der Waals surface area (Å²) in [6, 6.07) is 19.5. The third kappa shape index (κ3) is 4.58. The minimum absolute atomic E-state index is 0.499. The van der Waals surface area contributed by atoms with E-state index in [1.54, 1.807) is 26.5 Å². The van der Waals surface area contributed by atoms with Gasteiger partial charge < -0.3 is 19.5 Å². The largest absolute Gasteiger partial charge is 0.493 e. The molecule has 1 heterocycles. The van der Waals surface area contributed by atoms with Gasteiger partial charge in [0.2, 0.25) is 0 Å². The van der Waals surface area contributed by atoms with E-state index >= 15 is 0 Å². The maximum Gasteiger partial charge on any atom is 0.162 e. The first-order chi connectivity index (χ1) is 15.5. The van der Waals surface area contributed by atoms with E-state index in [0.29, 0.717) is 33.9 Å². The number of ether oxygens (including phenoxy) is 3. The molecule has 0 saturated heterocycles. The summed E-state index contributed by atoms with van der Waals surface area (Å²) >= 11 is 6.54. The highest BCUT2D eigenvalue weighted by molar-refractivity contribution is 6.32. The molecule has 0 amide bonds. The first kappa shape index (κ1) is 21.8. The Bertz CT molecular complexity index is 1240. The van der Waals surface area contributed by atoms with Crippen LogP contribution in [0, 0.1) is 0 Å². The van der Waals surface area contributed by atoms with Crippen molar-refractivity contribution >= 4 is 33.9 Å². The molecule has 0 unspecified atom stereocenters. The standard InChI is InChI=1S/C26H25ClN2O3/c1-16(2)17-5-7-18(8-6-17)29-19-9-10-24(21(27)13-19)32-23-11-12-28-22-15-26(31-4)25(30-3)14-20(22)23/h5-16,29H,1-4H3. The van der Waals surface area contributed by atoms with Crippen molar-refractivity contribution in [1.29, 1.82) is 0 Å². The van der Waals surface area contributed by atoms with Gasteiger partial charge in [0, 0.05) is 29.0 Å². The van der Waals surface area contributed by atoms with Crippen LogP contribution in [-0.2, 0) is 0 Å². The van der Waals surface area contributed by atoms with E-state index < -0.39 is 0 Å². The van der Waals surface area contributed by atoms with E-state index in [2.05, 4.69) is 48.4 Å². The summed E-state index contributed by atoms with van der Waals surface area (Å²) < 4.78 is 16.9. The Hall–Kier alpha value is -3.44. The number of fused-ring (bicyclic) bond motifs is 1. The Morgan fingerprint density at radius 2 is 1.47 bits per heavy atom. The second kappa shape index (κ2) is 9.37. The minimum atomic E-state index is 0.499. The van der Waals surface area contributed by atoms with Crippen molar-refractivity contribution < 1.29 is 14.2 Å². The topological polar surface area (TPSA) is 52.6 Å². The molecule has 0 fully saturated rings. The lowest BCUT2D eigenvalue weighted by molar-refractivity contribution is 0.355. The van der Waals surface area contributed by atoms with Crippen LogP contribution < -0.4 is 19.5 Å². The predicted octanol–water partition coefficient (Wildman–Crippen LogP) is 7.56. The Morgan fingerprint density at radius 3 is 2.12 bits per heavy atom. The van der Waals surface area contributed by atoms with Crippen molar-refractivity contribution in [3.05, 3.63) is 77.4 Å². The molecule has 4 rings (SSSR count). The van der Waals surface area contributed by atoms with Crippen LogP contribution in [0.4, 0.5) is 11.4 Å². The van der Waals surface area contributed by atoms with Gasteiger partial charge in [-0.25, -0.2) is 0 Å². The quantitative estimate of drug-likeness (QED) is 0.316. The number of benzene rings is 3. The van der Waals surface area contributed by atoms with Gasteiger partial charge in [-0.05, 0) is 53.9 Å². The van der Waals surface area contributed by atoms with Crippen LogP contribution in [0.5, 0.6) is 23.0 Å². The van der Waals surface area contributed by atoms with Gasteiger partial charge in [0.1, 0.15) is 11.5 Å². The van der Waals surface area contributed by atoms with Gasteiger partial charge >= 0.3 is 0 Å². The van der Waals surface area contributed by atoms with E-state index in [1.165, 1.54) is 5.56 Å². The van der Waals surface area contributed by atoms with Crippen LogP contribution in [0.3, 0.4) is 0 Å². The molecule has 1 aromatic heterocycles. The summed E-state index contributed by atoms with van der Waals surface area (Å²) in [4.78, 5) is 4.41. The molecule has 0 radical (unpaired) electrons. The fraction of sp³-hybridized carbons (Fsp3) is 0.192. The lowest BCUT2D eigenvalue weighted by atomic mass is 10.0. The molecule has 3 aromatic carbocycles. The molecule has 32 heavy (non-hydrogen) atoms. The molecule has 6 heteroatoms. The average molecular weight is 449 g/mol. The SMILES string of the molecule is COc1cc2nccc(Oc3ccc(Nc4ccc(C(C)C)cc4)cc3Cl)c2cc1OC. The first-order valence-electron chi connectivity index (χ1n) is 10.3. The molecule has 0 aliphatic heterocycles. The zero-order valence-electron chi connectivity index (χ0n) is 18.5. The van der Waals surface area contributed by atoms with Gasteiger partial charge in [-0.15, -0.1) is 0 Å². The molecule has 0 saturated carbocycles. The lowest BCUT2D eigenvalue weighted by Gasteiger charge is -2.14. The Morgan fingerprint density at radius 1 is 0.781 bits per heavy atom. The zero-order valence-corrected chi connectivity index (χ0v) is 19.2. The molecule has 0 bridgehead atoms. The zero-order chi connectivity index (χ0) is 22.7. The second-order valence-corrected chi connectivity index (χ2v) is 8.09. The van der Waals surface area contributed by atoms with Crippen LogP contribution in [0.2, 0.25) is 5.02 Å². The van der Waals surface area contributed by atoms with E-state index in [9.17, 15) is 0 Å². The second-order valence-electron chi connectivity index (χ2n) is 7.68. The number of halogens is 1. The van der Waals surface area contributed by atoms with Crippen molar-refractivity contribution in [3.8, 4) is 23.0 Å². The van der Waals surface area contributed by atoms with E-state index in [4.69, 9.17) is 25.8 Å². The van der Waals surface area contributed by atoms with Crippen molar-refractivity contribution in [3.63, 3.8) is 0 Å². The fourth-order valence-electron chi connectivity index (χ4n) is 3.43. The number of hydrogen-bond donors (Lipinski definition) is 1. The molecule has 0 aliphatic carbocycles. The number of nitrogens with zero attached hydrogens (tertiary/aromatic N) is 1. The summed E-state index contributed by atoms with van der Waals surface area (Å²) in [5.74, 6) is 2.89. The summed E-state index contributed by atoms with van der Waals surface area (Å²) in [5.41, 5.74) is 3.92. The van der Waals surface area contributed by atoms with Gasteiger partial charge in [-0.3, -0.25) is 4.98 Å². The highest BCUT2D eigenvalue weighted by atomic mass is 35.5. The molecule has 0 aliphatic rings. The number of anilines is 2. The van der Waals surface area contributed by atoms with Crippen LogP contribution in [0.15, 0.2) is 66.9 Å². The number of pyridine rings is 1. The molecular formula is C26H25ClN2O3. The van der Waals surface area contributed by atoms with E-state index in [0.717, 1.165) is 22.3 Å². The maximum absolute atomic E-state index is 6.54. The highest BCUT2D eigenvalue weighted by Gasteiger charge is 2.13. The molecule has 0 spiro atoms. The Balaban J connectivity index is 1.58. The smallest absolute Gasteiger partial charge is 0.162 e. The van der Waals surface area contributed by atoms with Gasteiger partial charge in [0.05, 0.1) is 24.8 Å². The van der Waals surface area contributed by atoms with Crippen LogP contribution >= 0.6 is 11.6 Å².